The van der Waals surface area contributed by atoms with E-state index in [0.717, 1.165) is 40.2 Å². The Balaban J connectivity index is 0.000000168. The second-order valence-corrected chi connectivity index (χ2v) is 29.6. The fourth-order valence-electron chi connectivity index (χ4n) is 16.9. The van der Waals surface area contributed by atoms with E-state index < -0.39 is 23.0 Å². The van der Waals surface area contributed by atoms with Gasteiger partial charge in [0.15, 0.2) is 5.78 Å². The molecule has 4 heterocycles. The van der Waals surface area contributed by atoms with Gasteiger partial charge in [-0.25, -0.2) is 9.78 Å². The standard InChI is InChI=1S/C65H40.C15H10N.C11H6F2N.C11H8N.C6H5NO2.C5H8O2.3Ir/c1-3-19-41(20-4-1)61-49-25-7-11-29-53(49)63(54-30-12-8-26-50(54)61)43-35-37-47-45-23-15-17-33-57(45)65(59(47)39-43)58-34-18-16-24-46(58)48-38-36-44(40-60(48)65)64-55-31-13-9-27-51(55)62(42-21-5-2-6-22-42)52-28-10-14-32-56(52)64;1-2-6-12(7-3-1)15-11-10-13-8-4-5-9-14(13)16-15;12-8-4-5-9(10(13)7-8)11-3-1-2-6-14-11;1-2-6-10(7-3-1)11-8-4-5-9-12-11;8-6(9)5-3-1-2-4-7-5;1-4(6)3-5(2)7;;;/h1-40H;1-6,8-11H;1-4,6-7H;1-6,8-9H;1-4H,(H,8,9);3,6H,1-2H3;;;/q;3*-1;;;;;. The van der Waals surface area contributed by atoms with Gasteiger partial charge in [0.2, 0.25) is 0 Å². The molecule has 3 radical (unpaired) electrons. The van der Waals surface area contributed by atoms with Gasteiger partial charge in [0, 0.05) is 96.6 Å². The van der Waals surface area contributed by atoms with E-state index in [-0.39, 0.29) is 83.1 Å². The number of carbonyl (C=O) groups is 2. The molecule has 1 spiro atoms. The summed E-state index contributed by atoms with van der Waals surface area (Å²) >= 11 is 0. The van der Waals surface area contributed by atoms with Crippen LogP contribution in [0.3, 0.4) is 0 Å². The third kappa shape index (κ3) is 18.3. The van der Waals surface area contributed by atoms with Gasteiger partial charge in [0.05, 0.1) is 16.7 Å². The van der Waals surface area contributed by atoms with E-state index >= 15 is 0 Å². The molecule has 13 heteroatoms. The van der Waals surface area contributed by atoms with Crippen molar-refractivity contribution in [2.75, 3.05) is 0 Å². The molecule has 8 nitrogen and oxygen atoms in total. The predicted octanol–water partition coefficient (Wildman–Crippen LogP) is 28.2. The zero-order valence-electron chi connectivity index (χ0n) is 68.1. The molecule has 0 aliphatic heterocycles. The van der Waals surface area contributed by atoms with Crippen LogP contribution in [-0.4, -0.2) is 41.9 Å². The normalized spacial score (nSPS) is 11.4. The molecule has 2 N–H and O–H groups in total. The maximum atomic E-state index is 13.2. The number of allylic oxidation sites excluding steroid dienone is 2. The number of hydrogen-bond donors (Lipinski definition) is 2. The van der Waals surface area contributed by atoms with Gasteiger partial charge in [-0.3, -0.25) is 18.6 Å². The first-order valence-corrected chi connectivity index (χ1v) is 40.4. The number of hydrogen-bond acceptors (Lipinski definition) is 7. The Morgan fingerprint density at radius 2 is 0.730 bits per heavy atom. The summed E-state index contributed by atoms with van der Waals surface area (Å²) in [6, 6.07) is 145. The molecule has 0 atom stereocenters. The summed E-state index contributed by atoms with van der Waals surface area (Å²) in [4.78, 5) is 36.5. The summed E-state index contributed by atoms with van der Waals surface area (Å²) in [5, 5.41) is 28.0. The fraction of sp³-hybridized carbons (Fsp3) is 0.0265. The summed E-state index contributed by atoms with van der Waals surface area (Å²) in [6.07, 6.45) is 5.95. The first-order chi connectivity index (χ1) is 60.4. The number of para-hydroxylation sites is 1. The van der Waals surface area contributed by atoms with Crippen LogP contribution in [0, 0.1) is 29.8 Å². The van der Waals surface area contributed by atoms with Crippen LogP contribution in [0.25, 0.3) is 155 Å². The van der Waals surface area contributed by atoms with Crippen LogP contribution in [-0.2, 0) is 70.5 Å². The molecule has 2 aliphatic carbocycles. The SMILES string of the molecule is CC(=O)C=C(C)O.Fc1c[c-]c(-c2ccccn2)c(F)c1.O=C(O)c1ccccn1.[Ir].[Ir].[Ir].[c-]1ccccc1-c1ccc2ccccc2n1.[c-]1ccccc1-c1ccccn1.c1ccc(-c2c3ccccc3c(-c3ccc4c(c3)C3(c5ccccc5-4)c4ccccc4-c4ccc(-c5c6ccccc6c(-c6ccccc6)c6ccccc56)cc43)c3ccccc23)cc1. The van der Waals surface area contributed by atoms with Gasteiger partial charge >= 0.3 is 5.97 Å². The molecule has 0 unspecified atom stereocenters. The van der Waals surface area contributed by atoms with Gasteiger partial charge in [0.1, 0.15) is 5.69 Å². The zero-order chi connectivity index (χ0) is 84.2. The van der Waals surface area contributed by atoms with E-state index in [0.29, 0.717) is 5.69 Å². The van der Waals surface area contributed by atoms with Crippen molar-refractivity contribution in [3.05, 3.63) is 483 Å². The minimum atomic E-state index is -0.990. The van der Waals surface area contributed by atoms with Crippen LogP contribution < -0.4 is 0 Å². The van der Waals surface area contributed by atoms with Crippen LogP contribution >= 0.6 is 0 Å². The van der Waals surface area contributed by atoms with Gasteiger partial charge in [-0.05, 0) is 211 Å². The Morgan fingerprint density at radius 3 is 1.13 bits per heavy atom. The molecule has 0 saturated heterocycles. The second-order valence-electron chi connectivity index (χ2n) is 29.6. The third-order valence-electron chi connectivity index (χ3n) is 22.0. The summed E-state index contributed by atoms with van der Waals surface area (Å²) in [5.74, 6) is -2.34. The van der Waals surface area contributed by atoms with Crippen molar-refractivity contribution in [2.24, 2.45) is 0 Å². The van der Waals surface area contributed by atoms with Crippen LogP contribution in [0.15, 0.2) is 425 Å². The number of ketones is 1. The summed E-state index contributed by atoms with van der Waals surface area (Å²) in [6.45, 7) is 2.85. The Kier molecular flexibility index (Phi) is 28.4. The number of pyridine rings is 4. The third-order valence-corrected chi connectivity index (χ3v) is 22.0. The molecular formula is C113H77F2Ir3N4O4-3. The first kappa shape index (κ1) is 88.2. The maximum Gasteiger partial charge on any atom is 0.354 e. The number of halogens is 2. The number of nitrogens with zero attached hydrogens (tertiary/aromatic N) is 4. The average Bonchev–Trinajstić information content (AvgIpc) is 1.50. The number of aliphatic hydroxyl groups excluding tert-OH is 1. The van der Waals surface area contributed by atoms with E-state index in [9.17, 15) is 18.4 Å². The molecule has 0 fully saturated rings. The summed E-state index contributed by atoms with van der Waals surface area (Å²) < 4.78 is 25.8. The number of aromatic nitrogens is 4. The van der Waals surface area contributed by atoms with Gasteiger partial charge in [-0.15, -0.1) is 83.9 Å². The number of fused-ring (bicyclic) bond motifs is 15. The molecule has 16 aromatic carbocycles. The number of benzene rings is 16. The molecule has 126 heavy (non-hydrogen) atoms. The Morgan fingerprint density at radius 1 is 0.341 bits per heavy atom. The Hall–Kier alpha value is -14.1. The minimum absolute atomic E-state index is 0. The van der Waals surface area contributed by atoms with E-state index in [1.807, 2.05) is 91.0 Å². The van der Waals surface area contributed by atoms with Crippen LogP contribution in [0.2, 0.25) is 0 Å². The summed E-state index contributed by atoms with van der Waals surface area (Å²) in [5.41, 5.74) is 25.9. The van der Waals surface area contributed by atoms with Crippen molar-refractivity contribution in [2.45, 2.75) is 19.3 Å². The van der Waals surface area contributed by atoms with Gasteiger partial charge < -0.3 is 20.2 Å². The Labute approximate surface area is 770 Å². The number of carboxylic acid groups (broad SMARTS) is 1. The van der Waals surface area contributed by atoms with Gasteiger partial charge in [-0.2, -0.15) is 0 Å². The molecule has 617 valence electrons. The number of aliphatic hydroxyl groups is 1. The largest absolute Gasteiger partial charge is 0.512 e. The Bertz CT molecular complexity index is 6890. The van der Waals surface area contributed by atoms with Crippen molar-refractivity contribution >= 4 is 65.7 Å². The van der Waals surface area contributed by atoms with Crippen molar-refractivity contribution in [3.8, 4) is 101 Å². The zero-order valence-corrected chi connectivity index (χ0v) is 75.3. The fourth-order valence-corrected chi connectivity index (χ4v) is 16.9. The molecule has 4 aromatic heterocycles. The first-order valence-electron chi connectivity index (χ1n) is 40.4. The van der Waals surface area contributed by atoms with Crippen molar-refractivity contribution in [3.63, 3.8) is 0 Å². The smallest absolute Gasteiger partial charge is 0.354 e. The number of rotatable bonds is 9. The quantitative estimate of drug-likeness (QED) is 0.0633. The average molecular weight is 2170 g/mol. The maximum absolute atomic E-state index is 13.2. The van der Waals surface area contributed by atoms with Crippen LogP contribution in [0.1, 0.15) is 46.6 Å². The molecule has 0 bridgehead atoms. The van der Waals surface area contributed by atoms with E-state index in [1.165, 1.54) is 170 Å². The van der Waals surface area contributed by atoms with Gasteiger partial charge in [-0.1, -0.05) is 303 Å². The molecular weight excluding hydrogens is 2090 g/mol. The molecule has 0 amide bonds. The van der Waals surface area contributed by atoms with Crippen molar-refractivity contribution in [1.82, 2.24) is 19.9 Å². The second kappa shape index (κ2) is 40.5. The summed E-state index contributed by atoms with van der Waals surface area (Å²) in [7, 11) is 0. The molecule has 22 rings (SSSR count). The molecule has 20 aromatic rings. The van der Waals surface area contributed by atoms with Crippen LogP contribution in [0.4, 0.5) is 8.78 Å². The van der Waals surface area contributed by atoms with Crippen molar-refractivity contribution < 1.29 is 88.9 Å². The monoisotopic (exact) mass is 2170 g/mol. The number of carbonyl (C=O) groups excluding carboxylic acids is 1. The number of aromatic carboxylic acids is 1. The van der Waals surface area contributed by atoms with Crippen molar-refractivity contribution in [1.29, 1.82) is 0 Å². The van der Waals surface area contributed by atoms with Gasteiger partial charge in [0.25, 0.3) is 0 Å². The van der Waals surface area contributed by atoms with Crippen LogP contribution in [0.5, 0.6) is 0 Å². The predicted molar refractivity (Wildman–Crippen MR) is 496 cm³/mol. The topological polar surface area (TPSA) is 126 Å². The molecule has 0 saturated carbocycles. The van der Waals surface area contributed by atoms with E-state index in [4.69, 9.17) is 10.2 Å². The minimum Gasteiger partial charge on any atom is -0.512 e. The number of carboxylic acids is 1. The molecule has 2 aliphatic rings. The van der Waals surface area contributed by atoms with E-state index in [1.54, 1.807) is 42.7 Å². The van der Waals surface area contributed by atoms with E-state index in [2.05, 4.69) is 293 Å².